The Morgan fingerprint density at radius 1 is 1.38 bits per heavy atom. The molecular formula is C17H22N4O3. The molecule has 0 saturated heterocycles. The number of nitrogens with zero attached hydrogens (tertiary/aromatic N) is 2. The molecule has 1 saturated carbocycles. The van der Waals surface area contributed by atoms with Gasteiger partial charge in [0.25, 0.3) is 5.91 Å². The fourth-order valence-electron chi connectivity index (χ4n) is 3.10. The smallest absolute Gasteiger partial charge is 0.253 e. The van der Waals surface area contributed by atoms with Gasteiger partial charge in [-0.15, -0.1) is 0 Å². The summed E-state index contributed by atoms with van der Waals surface area (Å²) in [6, 6.07) is 2.92. The van der Waals surface area contributed by atoms with E-state index in [4.69, 9.17) is 4.52 Å². The molecule has 1 amide bonds. The lowest BCUT2D eigenvalue weighted by Crippen LogP contribution is -2.28. The molecule has 0 atom stereocenters. The number of carbonyl (C=O) groups is 1. The normalized spacial score (nSPS) is 14.9. The maximum Gasteiger partial charge on any atom is 0.253 e. The molecule has 7 heteroatoms. The van der Waals surface area contributed by atoms with Crippen LogP contribution in [0.2, 0.25) is 0 Å². The second-order valence-corrected chi connectivity index (χ2v) is 6.10. The van der Waals surface area contributed by atoms with Crippen molar-refractivity contribution < 1.29 is 9.32 Å². The lowest BCUT2D eigenvalue weighted by molar-refractivity contribution is 0.0952. The van der Waals surface area contributed by atoms with Crippen molar-refractivity contribution in [2.75, 3.05) is 6.54 Å². The summed E-state index contributed by atoms with van der Waals surface area (Å²) >= 11 is 0. The number of carbonyl (C=O) groups excluding carboxylic acids is 1. The molecular weight excluding hydrogens is 308 g/mol. The first-order valence-electron chi connectivity index (χ1n) is 8.50. The SMILES string of the molecule is CCc1[nH]c(=O)ccc1C(=O)NCCc1noc(C2CCCC2)n1. The second kappa shape index (κ2) is 7.42. The third kappa shape index (κ3) is 3.72. The van der Waals surface area contributed by atoms with Crippen LogP contribution in [0.4, 0.5) is 0 Å². The highest BCUT2D eigenvalue weighted by Gasteiger charge is 2.22. The molecule has 2 heterocycles. The average Bonchev–Trinajstić information content (AvgIpc) is 3.25. The largest absolute Gasteiger partial charge is 0.352 e. The topological polar surface area (TPSA) is 101 Å². The zero-order chi connectivity index (χ0) is 16.9. The van der Waals surface area contributed by atoms with Crippen molar-refractivity contribution in [3.8, 4) is 0 Å². The Labute approximate surface area is 139 Å². The van der Waals surface area contributed by atoms with Crippen molar-refractivity contribution >= 4 is 5.91 Å². The number of hydrogen-bond acceptors (Lipinski definition) is 5. The summed E-state index contributed by atoms with van der Waals surface area (Å²) in [6.07, 6.45) is 5.78. The molecule has 2 aromatic heterocycles. The van der Waals surface area contributed by atoms with Gasteiger partial charge in [0.2, 0.25) is 11.4 Å². The average molecular weight is 330 g/mol. The summed E-state index contributed by atoms with van der Waals surface area (Å²) in [5.41, 5.74) is 0.939. The highest BCUT2D eigenvalue weighted by molar-refractivity contribution is 5.95. The van der Waals surface area contributed by atoms with Gasteiger partial charge in [0.1, 0.15) is 0 Å². The van der Waals surface area contributed by atoms with Gasteiger partial charge >= 0.3 is 0 Å². The number of aromatic nitrogens is 3. The highest BCUT2D eigenvalue weighted by atomic mass is 16.5. The Hall–Kier alpha value is -2.44. The van der Waals surface area contributed by atoms with Crippen molar-refractivity contribution in [1.29, 1.82) is 0 Å². The van der Waals surface area contributed by atoms with Gasteiger partial charge in [-0.1, -0.05) is 24.9 Å². The molecule has 0 spiro atoms. The Balaban J connectivity index is 1.54. The molecule has 0 aromatic carbocycles. The first-order valence-corrected chi connectivity index (χ1v) is 8.50. The van der Waals surface area contributed by atoms with E-state index in [0.29, 0.717) is 42.4 Å². The minimum atomic E-state index is -0.206. The first kappa shape index (κ1) is 16.4. The predicted molar refractivity (Wildman–Crippen MR) is 88.0 cm³/mol. The van der Waals surface area contributed by atoms with Gasteiger partial charge in [0.15, 0.2) is 5.82 Å². The third-order valence-corrected chi connectivity index (χ3v) is 4.42. The minimum absolute atomic E-state index is 0.199. The maximum absolute atomic E-state index is 12.2. The number of aryl methyl sites for hydroxylation is 1. The molecule has 1 aliphatic carbocycles. The number of H-pyrrole nitrogens is 1. The molecule has 2 aromatic rings. The molecule has 2 N–H and O–H groups in total. The van der Waals surface area contributed by atoms with Crippen LogP contribution in [0.15, 0.2) is 21.5 Å². The number of nitrogens with one attached hydrogen (secondary N) is 2. The highest BCUT2D eigenvalue weighted by Crippen LogP contribution is 2.32. The molecule has 0 aliphatic heterocycles. The van der Waals surface area contributed by atoms with E-state index in [1.165, 1.54) is 18.9 Å². The number of pyridine rings is 1. The summed E-state index contributed by atoms with van der Waals surface area (Å²) < 4.78 is 5.33. The van der Waals surface area contributed by atoms with E-state index in [9.17, 15) is 9.59 Å². The standard InChI is InChI=1S/C17H22N4O3/c1-2-13-12(7-8-15(22)19-13)16(23)18-10-9-14-20-17(24-21-14)11-5-3-4-6-11/h7-8,11H,2-6,9-10H2,1H3,(H,18,23)(H,19,22). The zero-order valence-corrected chi connectivity index (χ0v) is 13.8. The van der Waals surface area contributed by atoms with Crippen LogP contribution < -0.4 is 10.9 Å². The quantitative estimate of drug-likeness (QED) is 0.843. The first-order chi connectivity index (χ1) is 11.7. The molecule has 3 rings (SSSR count). The molecule has 0 radical (unpaired) electrons. The van der Waals surface area contributed by atoms with Crippen LogP contribution in [-0.2, 0) is 12.8 Å². The van der Waals surface area contributed by atoms with Crippen LogP contribution in [0, 0.1) is 0 Å². The molecule has 0 unspecified atom stereocenters. The van der Waals surface area contributed by atoms with E-state index in [1.807, 2.05) is 6.92 Å². The summed E-state index contributed by atoms with van der Waals surface area (Å²) in [4.78, 5) is 30.7. The Kier molecular flexibility index (Phi) is 5.08. The Morgan fingerprint density at radius 3 is 2.92 bits per heavy atom. The number of aromatic amines is 1. The zero-order valence-electron chi connectivity index (χ0n) is 13.8. The molecule has 1 aliphatic rings. The van der Waals surface area contributed by atoms with Crippen LogP contribution in [0.25, 0.3) is 0 Å². The maximum atomic E-state index is 12.2. The van der Waals surface area contributed by atoms with Gasteiger partial charge in [0, 0.05) is 30.6 Å². The van der Waals surface area contributed by atoms with Crippen molar-refractivity contribution in [3.05, 3.63) is 45.5 Å². The van der Waals surface area contributed by atoms with Gasteiger partial charge in [0.05, 0.1) is 5.56 Å². The van der Waals surface area contributed by atoms with Gasteiger partial charge < -0.3 is 14.8 Å². The van der Waals surface area contributed by atoms with E-state index in [0.717, 1.165) is 18.7 Å². The van der Waals surface area contributed by atoms with Crippen LogP contribution in [0.5, 0.6) is 0 Å². The fraction of sp³-hybridized carbons (Fsp3) is 0.529. The molecule has 1 fully saturated rings. The summed E-state index contributed by atoms with van der Waals surface area (Å²) in [5.74, 6) is 1.54. The van der Waals surface area contributed by atoms with Crippen molar-refractivity contribution in [2.24, 2.45) is 0 Å². The van der Waals surface area contributed by atoms with Gasteiger partial charge in [-0.25, -0.2) is 0 Å². The van der Waals surface area contributed by atoms with Crippen molar-refractivity contribution in [1.82, 2.24) is 20.4 Å². The monoisotopic (exact) mass is 330 g/mol. The Bertz CT molecular complexity index is 759. The predicted octanol–water partition coefficient (Wildman–Crippen LogP) is 1.95. The lowest BCUT2D eigenvalue weighted by atomic mass is 10.1. The molecule has 24 heavy (non-hydrogen) atoms. The molecule has 0 bridgehead atoms. The number of hydrogen-bond donors (Lipinski definition) is 2. The Morgan fingerprint density at radius 2 is 2.17 bits per heavy atom. The van der Waals surface area contributed by atoms with E-state index in [-0.39, 0.29) is 11.5 Å². The minimum Gasteiger partial charge on any atom is -0.352 e. The van der Waals surface area contributed by atoms with Crippen LogP contribution in [-0.4, -0.2) is 27.6 Å². The third-order valence-electron chi connectivity index (χ3n) is 4.42. The van der Waals surface area contributed by atoms with Gasteiger partial charge in [-0.05, 0) is 25.3 Å². The van der Waals surface area contributed by atoms with E-state index >= 15 is 0 Å². The molecule has 7 nitrogen and oxygen atoms in total. The van der Waals surface area contributed by atoms with Crippen molar-refractivity contribution in [2.45, 2.75) is 51.4 Å². The van der Waals surface area contributed by atoms with E-state index in [2.05, 4.69) is 20.4 Å². The number of amides is 1. The van der Waals surface area contributed by atoms with Gasteiger partial charge in [-0.3, -0.25) is 9.59 Å². The van der Waals surface area contributed by atoms with Crippen molar-refractivity contribution in [3.63, 3.8) is 0 Å². The molecule has 128 valence electrons. The van der Waals surface area contributed by atoms with E-state index in [1.54, 1.807) is 6.07 Å². The number of rotatable bonds is 6. The van der Waals surface area contributed by atoms with Gasteiger partial charge in [-0.2, -0.15) is 4.98 Å². The summed E-state index contributed by atoms with van der Waals surface area (Å²) in [6.45, 7) is 2.32. The summed E-state index contributed by atoms with van der Waals surface area (Å²) in [5, 5.41) is 6.83. The fourth-order valence-corrected chi connectivity index (χ4v) is 3.10. The lowest BCUT2D eigenvalue weighted by Gasteiger charge is -2.07. The van der Waals surface area contributed by atoms with Crippen LogP contribution >= 0.6 is 0 Å². The van der Waals surface area contributed by atoms with E-state index < -0.39 is 0 Å². The van der Waals surface area contributed by atoms with Crippen LogP contribution in [0.1, 0.15) is 66.3 Å². The second-order valence-electron chi connectivity index (χ2n) is 6.10. The summed E-state index contributed by atoms with van der Waals surface area (Å²) in [7, 11) is 0. The van der Waals surface area contributed by atoms with Crippen LogP contribution in [0.3, 0.4) is 0 Å².